The quantitative estimate of drug-likeness (QED) is 0.433. The van der Waals surface area contributed by atoms with Gasteiger partial charge in [-0.1, -0.05) is 48.5 Å². The molecule has 0 radical (unpaired) electrons. The van der Waals surface area contributed by atoms with Crippen LogP contribution >= 0.6 is 0 Å². The van der Waals surface area contributed by atoms with Gasteiger partial charge in [0.2, 0.25) is 5.95 Å². The molecule has 0 aliphatic heterocycles. The Bertz CT molecular complexity index is 1190. The number of H-pyrrole nitrogens is 1. The molecule has 0 atom stereocenters. The molecule has 0 saturated heterocycles. The van der Waals surface area contributed by atoms with Crippen molar-refractivity contribution in [3.05, 3.63) is 76.2 Å². The van der Waals surface area contributed by atoms with E-state index in [1.165, 1.54) is 0 Å². The first kappa shape index (κ1) is 16.7. The van der Waals surface area contributed by atoms with Crippen LogP contribution in [-0.4, -0.2) is 26.0 Å². The molecule has 0 spiro atoms. The molecule has 2 aromatic carbocycles. The van der Waals surface area contributed by atoms with Gasteiger partial charge in [-0.15, -0.1) is 10.2 Å². The summed E-state index contributed by atoms with van der Waals surface area (Å²) in [4.78, 5) is 14.2. The van der Waals surface area contributed by atoms with E-state index in [2.05, 4.69) is 54.5 Å². The van der Waals surface area contributed by atoms with Crippen LogP contribution in [-0.2, 0) is 7.05 Å². The summed E-state index contributed by atoms with van der Waals surface area (Å²) in [5.74, 6) is 0.198. The molecule has 0 aliphatic carbocycles. The minimum Gasteiger partial charge on any atom is -0.343 e. The number of rotatable bonds is 4. The third kappa shape index (κ3) is 3.10. The van der Waals surface area contributed by atoms with Crippen LogP contribution in [0.15, 0.2) is 64.5 Å². The summed E-state index contributed by atoms with van der Waals surface area (Å²) in [6.07, 6.45) is 1.74. The number of aromatic nitrogens is 4. The third-order valence-electron chi connectivity index (χ3n) is 4.42. The number of benzene rings is 2. The number of nitrogens with zero attached hydrogens (tertiary/aromatic N) is 4. The van der Waals surface area contributed by atoms with Crippen molar-refractivity contribution >= 4 is 23.1 Å². The third-order valence-corrected chi connectivity index (χ3v) is 4.42. The van der Waals surface area contributed by atoms with E-state index in [1.54, 1.807) is 13.1 Å². The predicted molar refractivity (Wildman–Crippen MR) is 107 cm³/mol. The summed E-state index contributed by atoms with van der Waals surface area (Å²) in [5.41, 5.74) is 7.01. The second-order valence-corrected chi connectivity index (χ2v) is 6.16. The number of hydrogen-bond donors (Lipinski definition) is 2. The van der Waals surface area contributed by atoms with E-state index < -0.39 is 0 Å². The minimum atomic E-state index is -0.294. The summed E-state index contributed by atoms with van der Waals surface area (Å²) in [5, 5.41) is 13.0. The number of para-hydroxylation sites is 1. The number of hydrazone groups is 1. The summed E-state index contributed by atoms with van der Waals surface area (Å²) < 4.78 is 2.15. The van der Waals surface area contributed by atoms with Crippen molar-refractivity contribution in [2.75, 3.05) is 5.43 Å². The van der Waals surface area contributed by atoms with Gasteiger partial charge >= 0.3 is 0 Å². The molecule has 0 bridgehead atoms. The molecule has 0 unspecified atom stereocenters. The average molecular weight is 358 g/mol. The summed E-state index contributed by atoms with van der Waals surface area (Å²) >= 11 is 0. The largest absolute Gasteiger partial charge is 0.343 e. The van der Waals surface area contributed by atoms with Gasteiger partial charge < -0.3 is 4.57 Å². The van der Waals surface area contributed by atoms with Crippen molar-refractivity contribution in [1.82, 2.24) is 19.7 Å². The lowest BCUT2D eigenvalue weighted by Gasteiger charge is -2.06. The van der Waals surface area contributed by atoms with Crippen LogP contribution in [0.2, 0.25) is 0 Å². The Kier molecular flexibility index (Phi) is 4.25. The molecule has 4 rings (SSSR count). The monoisotopic (exact) mass is 358 g/mol. The van der Waals surface area contributed by atoms with E-state index in [0.29, 0.717) is 5.69 Å². The van der Waals surface area contributed by atoms with Crippen molar-refractivity contribution in [3.63, 3.8) is 0 Å². The van der Waals surface area contributed by atoms with Gasteiger partial charge in [-0.25, -0.2) is 5.43 Å². The number of fused-ring (bicyclic) bond motifs is 1. The van der Waals surface area contributed by atoms with Crippen LogP contribution in [0.5, 0.6) is 0 Å². The van der Waals surface area contributed by atoms with Crippen molar-refractivity contribution in [2.45, 2.75) is 6.92 Å². The SMILES string of the molecule is Cc1nnc(N/N=C/c2c(-c3ccccc3)n(C)c3ccccc23)[nH]c1=O. The Morgan fingerprint density at radius 1 is 1.07 bits per heavy atom. The highest BCUT2D eigenvalue weighted by Crippen LogP contribution is 2.31. The second-order valence-electron chi connectivity index (χ2n) is 6.16. The summed E-state index contributed by atoms with van der Waals surface area (Å²) in [6.45, 7) is 1.60. The summed E-state index contributed by atoms with van der Waals surface area (Å²) in [6, 6.07) is 18.3. The fourth-order valence-electron chi connectivity index (χ4n) is 3.10. The fraction of sp³-hybridized carbons (Fsp3) is 0.100. The van der Waals surface area contributed by atoms with Gasteiger partial charge in [0.1, 0.15) is 5.69 Å². The first-order chi connectivity index (χ1) is 13.1. The highest BCUT2D eigenvalue weighted by Gasteiger charge is 2.14. The summed E-state index contributed by atoms with van der Waals surface area (Å²) in [7, 11) is 2.04. The lowest BCUT2D eigenvalue weighted by Crippen LogP contribution is -2.15. The predicted octanol–water partition coefficient (Wildman–Crippen LogP) is 3.08. The number of anilines is 1. The molecular formula is C20H18N6O. The highest BCUT2D eigenvalue weighted by atomic mass is 16.1. The topological polar surface area (TPSA) is 88.0 Å². The maximum atomic E-state index is 11.6. The highest BCUT2D eigenvalue weighted by molar-refractivity contribution is 6.06. The molecular weight excluding hydrogens is 340 g/mol. The zero-order valence-corrected chi connectivity index (χ0v) is 15.0. The molecule has 2 N–H and O–H groups in total. The van der Waals surface area contributed by atoms with Gasteiger partial charge in [-0.2, -0.15) is 5.10 Å². The van der Waals surface area contributed by atoms with Crippen LogP contribution in [0.4, 0.5) is 5.95 Å². The zero-order valence-electron chi connectivity index (χ0n) is 15.0. The van der Waals surface area contributed by atoms with E-state index in [9.17, 15) is 4.79 Å². The van der Waals surface area contributed by atoms with Crippen molar-refractivity contribution < 1.29 is 0 Å². The molecule has 0 aliphatic rings. The Hall–Kier alpha value is -3.74. The van der Waals surface area contributed by atoms with Crippen molar-refractivity contribution in [1.29, 1.82) is 0 Å². The van der Waals surface area contributed by atoms with E-state index in [-0.39, 0.29) is 11.5 Å². The van der Waals surface area contributed by atoms with Crippen LogP contribution in [0.1, 0.15) is 11.3 Å². The van der Waals surface area contributed by atoms with Gasteiger partial charge in [0.25, 0.3) is 5.56 Å². The molecule has 7 nitrogen and oxygen atoms in total. The smallest absolute Gasteiger partial charge is 0.274 e. The molecule has 27 heavy (non-hydrogen) atoms. The molecule has 2 heterocycles. The van der Waals surface area contributed by atoms with Crippen molar-refractivity contribution in [2.24, 2.45) is 12.1 Å². The molecule has 0 amide bonds. The van der Waals surface area contributed by atoms with Crippen LogP contribution in [0.3, 0.4) is 0 Å². The van der Waals surface area contributed by atoms with Crippen molar-refractivity contribution in [3.8, 4) is 11.3 Å². The van der Waals surface area contributed by atoms with Crippen LogP contribution in [0, 0.1) is 6.92 Å². The maximum absolute atomic E-state index is 11.6. The van der Waals surface area contributed by atoms with Gasteiger partial charge in [-0.3, -0.25) is 9.78 Å². The molecule has 2 aromatic heterocycles. The van der Waals surface area contributed by atoms with E-state index in [0.717, 1.165) is 27.7 Å². The number of aromatic amines is 1. The van der Waals surface area contributed by atoms with Gasteiger partial charge in [0.05, 0.1) is 11.9 Å². The van der Waals surface area contributed by atoms with Crippen LogP contribution < -0.4 is 11.0 Å². The minimum absolute atomic E-state index is 0.198. The van der Waals surface area contributed by atoms with Crippen LogP contribution in [0.25, 0.3) is 22.2 Å². The van der Waals surface area contributed by atoms with Gasteiger partial charge in [0, 0.05) is 23.5 Å². The second kappa shape index (κ2) is 6.87. The first-order valence-electron chi connectivity index (χ1n) is 8.50. The maximum Gasteiger partial charge on any atom is 0.274 e. The lowest BCUT2D eigenvalue weighted by atomic mass is 10.1. The Labute approximate surface area is 155 Å². The normalized spacial score (nSPS) is 11.3. The molecule has 7 heteroatoms. The van der Waals surface area contributed by atoms with Gasteiger partial charge in [-0.05, 0) is 18.6 Å². The number of aryl methyl sites for hydroxylation is 2. The van der Waals surface area contributed by atoms with E-state index >= 15 is 0 Å². The standard InChI is InChI=1S/C20H18N6O/c1-13-19(27)22-20(25-23-13)24-21-12-16-15-10-6-7-11-17(15)26(2)18(16)14-8-4-3-5-9-14/h3-12H,1-2H3,(H2,22,24,25,27)/b21-12+. The van der Waals surface area contributed by atoms with E-state index in [1.807, 2.05) is 37.4 Å². The van der Waals surface area contributed by atoms with Gasteiger partial charge in [0.15, 0.2) is 0 Å². The Morgan fingerprint density at radius 3 is 2.59 bits per heavy atom. The molecule has 0 saturated carbocycles. The van der Waals surface area contributed by atoms with E-state index in [4.69, 9.17) is 0 Å². The lowest BCUT2D eigenvalue weighted by molar-refractivity contribution is 0.897. The first-order valence-corrected chi connectivity index (χ1v) is 8.50. The molecule has 0 fully saturated rings. The average Bonchev–Trinajstić information content (AvgIpc) is 2.98. The Balaban J connectivity index is 1.78. The molecule has 4 aromatic rings. The fourth-order valence-corrected chi connectivity index (χ4v) is 3.10. The zero-order chi connectivity index (χ0) is 18.8. The molecule has 134 valence electrons. The Morgan fingerprint density at radius 2 is 1.81 bits per heavy atom. The number of nitrogens with one attached hydrogen (secondary N) is 2. The number of hydrogen-bond acceptors (Lipinski definition) is 5.